The number of amides is 1. The highest BCUT2D eigenvalue weighted by Gasteiger charge is 2.30. The van der Waals surface area contributed by atoms with Crippen molar-refractivity contribution in [3.05, 3.63) is 45.9 Å². The SMILES string of the molecule is Cc1ncsc1C(=O)NCCc1ccc(OC(F)(F)F)cc1. The van der Waals surface area contributed by atoms with Crippen molar-refractivity contribution in [2.45, 2.75) is 19.7 Å². The molecule has 0 radical (unpaired) electrons. The molecule has 1 aromatic heterocycles. The van der Waals surface area contributed by atoms with Gasteiger partial charge in [-0.15, -0.1) is 24.5 Å². The Labute approximate surface area is 128 Å². The van der Waals surface area contributed by atoms with Crippen LogP contribution in [0.25, 0.3) is 0 Å². The van der Waals surface area contributed by atoms with Gasteiger partial charge < -0.3 is 10.1 Å². The fourth-order valence-corrected chi connectivity index (χ4v) is 2.50. The zero-order valence-electron chi connectivity index (χ0n) is 11.6. The molecule has 0 aliphatic carbocycles. The van der Waals surface area contributed by atoms with Gasteiger partial charge in [0, 0.05) is 6.54 Å². The molecule has 0 saturated heterocycles. The van der Waals surface area contributed by atoms with E-state index in [0.29, 0.717) is 23.5 Å². The van der Waals surface area contributed by atoms with E-state index in [1.165, 1.54) is 35.6 Å². The summed E-state index contributed by atoms with van der Waals surface area (Å²) in [7, 11) is 0. The van der Waals surface area contributed by atoms with Gasteiger partial charge in [0.2, 0.25) is 0 Å². The fraction of sp³-hybridized carbons (Fsp3) is 0.286. The van der Waals surface area contributed by atoms with Gasteiger partial charge in [0.25, 0.3) is 5.91 Å². The summed E-state index contributed by atoms with van der Waals surface area (Å²) in [5, 5.41) is 2.75. The van der Waals surface area contributed by atoms with Crippen molar-refractivity contribution >= 4 is 17.2 Å². The van der Waals surface area contributed by atoms with Crippen molar-refractivity contribution in [3.8, 4) is 5.75 Å². The highest BCUT2D eigenvalue weighted by atomic mass is 32.1. The van der Waals surface area contributed by atoms with E-state index in [0.717, 1.165) is 5.56 Å². The molecule has 0 saturated carbocycles. The predicted octanol–water partition coefficient (Wildman–Crippen LogP) is 3.32. The molecule has 0 fully saturated rings. The number of alkyl halides is 3. The Bertz CT molecular complexity index is 638. The number of ether oxygens (including phenoxy) is 1. The molecule has 1 amide bonds. The first-order valence-electron chi connectivity index (χ1n) is 6.38. The minimum Gasteiger partial charge on any atom is -0.406 e. The van der Waals surface area contributed by atoms with Gasteiger partial charge in [0.05, 0.1) is 11.2 Å². The van der Waals surface area contributed by atoms with E-state index in [-0.39, 0.29) is 11.7 Å². The fourth-order valence-electron chi connectivity index (χ4n) is 1.78. The van der Waals surface area contributed by atoms with Crippen LogP contribution in [0.2, 0.25) is 0 Å². The molecule has 1 N–H and O–H groups in total. The van der Waals surface area contributed by atoms with Crippen LogP contribution in [-0.2, 0) is 6.42 Å². The largest absolute Gasteiger partial charge is 0.573 e. The normalized spacial score (nSPS) is 11.3. The van der Waals surface area contributed by atoms with Crippen LogP contribution in [0.3, 0.4) is 0 Å². The Balaban J connectivity index is 1.82. The monoisotopic (exact) mass is 330 g/mol. The number of thiazole rings is 1. The summed E-state index contributed by atoms with van der Waals surface area (Å²) in [6.45, 7) is 2.14. The standard InChI is InChI=1S/C14H13F3N2O2S/c1-9-12(22-8-19-9)13(20)18-7-6-10-2-4-11(5-3-10)21-14(15,16)17/h2-5,8H,6-7H2,1H3,(H,18,20). The van der Waals surface area contributed by atoms with E-state index in [4.69, 9.17) is 0 Å². The second kappa shape index (κ2) is 6.78. The van der Waals surface area contributed by atoms with Gasteiger partial charge in [0.1, 0.15) is 10.6 Å². The van der Waals surface area contributed by atoms with Gasteiger partial charge in [0.15, 0.2) is 0 Å². The topological polar surface area (TPSA) is 51.2 Å². The van der Waals surface area contributed by atoms with Gasteiger partial charge >= 0.3 is 6.36 Å². The average molecular weight is 330 g/mol. The molecule has 118 valence electrons. The number of carbonyl (C=O) groups is 1. The van der Waals surface area contributed by atoms with Crippen LogP contribution in [-0.4, -0.2) is 23.8 Å². The summed E-state index contributed by atoms with van der Waals surface area (Å²) < 4.78 is 39.9. The molecule has 1 aromatic carbocycles. The number of hydrogen-bond donors (Lipinski definition) is 1. The zero-order valence-corrected chi connectivity index (χ0v) is 12.4. The minimum absolute atomic E-state index is 0.197. The molecular weight excluding hydrogens is 317 g/mol. The third-order valence-corrected chi connectivity index (χ3v) is 3.74. The first-order valence-corrected chi connectivity index (χ1v) is 7.26. The highest BCUT2D eigenvalue weighted by Crippen LogP contribution is 2.22. The van der Waals surface area contributed by atoms with E-state index in [1.54, 1.807) is 12.4 Å². The Morgan fingerprint density at radius 3 is 2.55 bits per heavy atom. The summed E-state index contributed by atoms with van der Waals surface area (Å²) in [5.74, 6) is -0.461. The average Bonchev–Trinajstić information content (AvgIpc) is 2.85. The lowest BCUT2D eigenvalue weighted by atomic mass is 10.1. The van der Waals surface area contributed by atoms with Gasteiger partial charge in [-0.2, -0.15) is 0 Å². The van der Waals surface area contributed by atoms with E-state index in [1.807, 2.05) is 0 Å². The van der Waals surface area contributed by atoms with Crippen LogP contribution in [0.4, 0.5) is 13.2 Å². The summed E-state index contributed by atoms with van der Waals surface area (Å²) >= 11 is 1.26. The molecule has 22 heavy (non-hydrogen) atoms. The van der Waals surface area contributed by atoms with E-state index in [2.05, 4.69) is 15.0 Å². The number of halogens is 3. The van der Waals surface area contributed by atoms with Crippen LogP contribution in [0, 0.1) is 6.92 Å². The van der Waals surface area contributed by atoms with Crippen molar-refractivity contribution in [2.75, 3.05) is 6.54 Å². The molecule has 2 rings (SSSR count). The number of benzene rings is 1. The molecular formula is C14H13F3N2O2S. The summed E-state index contributed by atoms with van der Waals surface area (Å²) in [4.78, 5) is 16.4. The number of aromatic nitrogens is 1. The van der Waals surface area contributed by atoms with Crippen LogP contribution in [0.5, 0.6) is 5.75 Å². The van der Waals surface area contributed by atoms with Gasteiger partial charge in [-0.05, 0) is 31.0 Å². The van der Waals surface area contributed by atoms with Crippen molar-refractivity contribution in [3.63, 3.8) is 0 Å². The van der Waals surface area contributed by atoms with Crippen molar-refractivity contribution < 1.29 is 22.7 Å². The molecule has 0 aliphatic heterocycles. The summed E-state index contributed by atoms with van der Waals surface area (Å²) in [6, 6.07) is 5.56. The Morgan fingerprint density at radius 2 is 2.00 bits per heavy atom. The smallest absolute Gasteiger partial charge is 0.406 e. The molecule has 4 nitrogen and oxygen atoms in total. The molecule has 1 heterocycles. The molecule has 0 aliphatic rings. The maximum Gasteiger partial charge on any atom is 0.573 e. The first kappa shape index (κ1) is 16.3. The van der Waals surface area contributed by atoms with E-state index >= 15 is 0 Å². The second-order valence-electron chi connectivity index (χ2n) is 4.46. The van der Waals surface area contributed by atoms with Crippen LogP contribution in [0.15, 0.2) is 29.8 Å². The van der Waals surface area contributed by atoms with E-state index < -0.39 is 6.36 Å². The van der Waals surface area contributed by atoms with Gasteiger partial charge in [-0.3, -0.25) is 4.79 Å². The number of aryl methyl sites for hydroxylation is 1. The number of nitrogens with zero attached hydrogens (tertiary/aromatic N) is 1. The third kappa shape index (κ3) is 4.73. The Morgan fingerprint density at radius 1 is 1.32 bits per heavy atom. The quantitative estimate of drug-likeness (QED) is 0.915. The van der Waals surface area contributed by atoms with Crippen LogP contribution >= 0.6 is 11.3 Å². The number of nitrogens with one attached hydrogen (secondary N) is 1. The Kier molecular flexibility index (Phi) is 5.02. The molecule has 0 spiro atoms. The lowest BCUT2D eigenvalue weighted by Crippen LogP contribution is -2.25. The molecule has 0 bridgehead atoms. The van der Waals surface area contributed by atoms with Crippen LogP contribution < -0.4 is 10.1 Å². The summed E-state index contributed by atoms with van der Waals surface area (Å²) in [5.41, 5.74) is 3.08. The van der Waals surface area contributed by atoms with Crippen molar-refractivity contribution in [2.24, 2.45) is 0 Å². The predicted molar refractivity (Wildman–Crippen MR) is 76.0 cm³/mol. The number of carbonyl (C=O) groups excluding carboxylic acids is 1. The van der Waals surface area contributed by atoms with Crippen molar-refractivity contribution in [1.82, 2.24) is 10.3 Å². The number of rotatable bonds is 5. The van der Waals surface area contributed by atoms with Gasteiger partial charge in [-0.25, -0.2) is 4.98 Å². The Hall–Kier alpha value is -2.09. The lowest BCUT2D eigenvalue weighted by Gasteiger charge is -2.09. The van der Waals surface area contributed by atoms with Crippen LogP contribution in [0.1, 0.15) is 20.9 Å². The summed E-state index contributed by atoms with van der Waals surface area (Å²) in [6.07, 6.45) is -4.18. The first-order chi connectivity index (χ1) is 10.3. The second-order valence-corrected chi connectivity index (χ2v) is 5.32. The number of hydrogen-bond acceptors (Lipinski definition) is 4. The van der Waals surface area contributed by atoms with E-state index in [9.17, 15) is 18.0 Å². The third-order valence-electron chi connectivity index (χ3n) is 2.81. The van der Waals surface area contributed by atoms with Crippen molar-refractivity contribution in [1.29, 1.82) is 0 Å². The molecule has 0 unspecified atom stereocenters. The molecule has 2 aromatic rings. The highest BCUT2D eigenvalue weighted by molar-refractivity contribution is 7.11. The zero-order chi connectivity index (χ0) is 16.2. The van der Waals surface area contributed by atoms with Gasteiger partial charge in [-0.1, -0.05) is 12.1 Å². The molecule has 0 atom stereocenters. The maximum absolute atomic E-state index is 12.0. The lowest BCUT2D eigenvalue weighted by molar-refractivity contribution is -0.274. The maximum atomic E-state index is 12.0. The molecule has 8 heteroatoms. The minimum atomic E-state index is -4.69.